The Morgan fingerprint density at radius 3 is 2.29 bits per heavy atom. The van der Waals surface area contributed by atoms with Crippen LogP contribution in [0.3, 0.4) is 0 Å². The molecule has 34 valence electrons. The number of hydrogen-bond donors (Lipinski definition) is 1. The van der Waals surface area contributed by atoms with Gasteiger partial charge in [0.25, 0.3) is 0 Å². The predicted octanol–water partition coefficient (Wildman–Crippen LogP) is 0.0110. The van der Waals surface area contributed by atoms with E-state index >= 15 is 0 Å². The van der Waals surface area contributed by atoms with E-state index < -0.39 is 0 Å². The fourth-order valence-electron chi connectivity index (χ4n) is 0.406. The summed E-state index contributed by atoms with van der Waals surface area (Å²) in [6.45, 7) is 0.983. The Morgan fingerprint density at radius 2 is 2.14 bits per heavy atom. The summed E-state index contributed by atoms with van der Waals surface area (Å²) in [6, 6.07) is 0. The number of allylic oxidation sites excluding steroid dienone is 2. The van der Waals surface area contributed by atoms with Gasteiger partial charge in [-0.1, -0.05) is 12.2 Å². The molecule has 7 heavy (non-hydrogen) atoms. The molecule has 0 unspecified atom stereocenters. The minimum absolute atomic E-state index is 0. The molecule has 0 aromatic heterocycles. The van der Waals surface area contributed by atoms with Crippen molar-refractivity contribution >= 4 is 51.4 Å². The molecule has 1 aliphatic rings. The molecule has 0 saturated carbocycles. The number of nitrogens with one attached hydrogen (secondary N) is 1. The first-order valence-electron chi connectivity index (χ1n) is 2.05. The third-order valence-corrected chi connectivity index (χ3v) is 0.697. The van der Waals surface area contributed by atoms with Gasteiger partial charge in [-0.15, -0.1) is 0 Å². The zero-order valence-corrected chi connectivity index (χ0v) is 3.52. The van der Waals surface area contributed by atoms with Gasteiger partial charge in [0.1, 0.15) is 0 Å². The van der Waals surface area contributed by atoms with Crippen LogP contribution in [0.1, 0.15) is 0 Å². The zero-order chi connectivity index (χ0) is 4.24. The minimum atomic E-state index is 0. The van der Waals surface area contributed by atoms with E-state index in [2.05, 4.69) is 11.4 Å². The zero-order valence-electron chi connectivity index (χ0n) is 3.52. The second-order valence-corrected chi connectivity index (χ2v) is 1.20. The Bertz CT molecular complexity index is 74.1. The Kier molecular flexibility index (Phi) is 5.72. The number of hydrogen-bond acceptors (Lipinski definition) is 1. The van der Waals surface area contributed by atoms with Crippen LogP contribution in [0.25, 0.3) is 0 Å². The van der Waals surface area contributed by atoms with Gasteiger partial charge in [-0.2, -0.15) is 0 Å². The van der Waals surface area contributed by atoms with Crippen LogP contribution < -0.4 is 5.32 Å². The normalized spacial score (nSPS) is 14.9. The Labute approximate surface area is 86.3 Å². The van der Waals surface area contributed by atoms with Gasteiger partial charge in [-0.05, 0) is 12.3 Å². The summed E-state index contributed by atoms with van der Waals surface area (Å²) in [4.78, 5) is 0. The summed E-state index contributed by atoms with van der Waals surface area (Å²) in [7, 11) is 0. The molecule has 1 N–H and O–H groups in total. The van der Waals surface area contributed by atoms with Gasteiger partial charge in [0.15, 0.2) is 0 Å². The van der Waals surface area contributed by atoms with Gasteiger partial charge in [-0.3, -0.25) is 0 Å². The molecule has 1 heterocycles. The van der Waals surface area contributed by atoms with Crippen LogP contribution in [-0.4, -0.2) is 57.9 Å². The van der Waals surface area contributed by atoms with E-state index in [-0.39, 0.29) is 51.4 Å². The van der Waals surface area contributed by atoms with E-state index in [0.717, 1.165) is 6.54 Å². The Balaban J connectivity index is 0.000000360. The molecular weight excluding hydrogens is 113 g/mol. The standard InChI is InChI=1S/C5H7N.K.H/c1-2-4-6-5-3-1;;/h1-4,6H,5H2;;. The summed E-state index contributed by atoms with van der Waals surface area (Å²) in [5, 5.41) is 3.02. The second kappa shape index (κ2) is 5.06. The topological polar surface area (TPSA) is 12.0 Å². The van der Waals surface area contributed by atoms with E-state index in [1.807, 2.05) is 18.4 Å². The average Bonchev–Trinajstić information content (AvgIpc) is 1.72. The summed E-state index contributed by atoms with van der Waals surface area (Å²) >= 11 is 0. The van der Waals surface area contributed by atoms with E-state index in [1.54, 1.807) is 0 Å². The monoisotopic (exact) mass is 121 g/mol. The molecule has 0 amide bonds. The molecule has 0 radical (unpaired) electrons. The van der Waals surface area contributed by atoms with E-state index in [4.69, 9.17) is 0 Å². The summed E-state index contributed by atoms with van der Waals surface area (Å²) in [6.07, 6.45) is 8.00. The summed E-state index contributed by atoms with van der Waals surface area (Å²) in [5.41, 5.74) is 0. The molecule has 0 aromatic rings. The van der Waals surface area contributed by atoms with Crippen molar-refractivity contribution in [2.75, 3.05) is 6.54 Å². The maximum absolute atomic E-state index is 3.02. The molecule has 1 aliphatic heterocycles. The molecule has 0 fully saturated rings. The van der Waals surface area contributed by atoms with Crippen molar-refractivity contribution < 1.29 is 0 Å². The van der Waals surface area contributed by atoms with Crippen LogP contribution in [0.5, 0.6) is 0 Å². The molecule has 2 heteroatoms. The summed E-state index contributed by atoms with van der Waals surface area (Å²) < 4.78 is 0. The van der Waals surface area contributed by atoms with Crippen molar-refractivity contribution in [3.05, 3.63) is 24.4 Å². The van der Waals surface area contributed by atoms with E-state index in [0.29, 0.717) is 0 Å². The van der Waals surface area contributed by atoms with Crippen LogP contribution in [0.15, 0.2) is 24.4 Å². The molecule has 0 aliphatic carbocycles. The number of rotatable bonds is 0. The van der Waals surface area contributed by atoms with E-state index in [9.17, 15) is 0 Å². The van der Waals surface area contributed by atoms with Gasteiger partial charge < -0.3 is 5.32 Å². The van der Waals surface area contributed by atoms with Gasteiger partial charge in [-0.25, -0.2) is 0 Å². The molecule has 1 nitrogen and oxygen atoms in total. The molecular formula is C5H8KN. The summed E-state index contributed by atoms with van der Waals surface area (Å²) in [5.74, 6) is 0. The molecule has 0 atom stereocenters. The molecule has 0 spiro atoms. The fraction of sp³-hybridized carbons (Fsp3) is 0.200. The van der Waals surface area contributed by atoms with Crippen LogP contribution in [0, 0.1) is 0 Å². The van der Waals surface area contributed by atoms with Gasteiger partial charge in [0.2, 0.25) is 0 Å². The van der Waals surface area contributed by atoms with Crippen LogP contribution in [-0.2, 0) is 0 Å². The molecule has 0 aromatic carbocycles. The first-order chi connectivity index (χ1) is 3.00. The second-order valence-electron chi connectivity index (χ2n) is 1.20. The number of dihydropyridines is 1. The first-order valence-corrected chi connectivity index (χ1v) is 2.05. The maximum atomic E-state index is 3.02. The molecule has 1 rings (SSSR count). The van der Waals surface area contributed by atoms with Crippen molar-refractivity contribution in [2.45, 2.75) is 0 Å². The van der Waals surface area contributed by atoms with Gasteiger partial charge >= 0.3 is 51.4 Å². The van der Waals surface area contributed by atoms with Crippen molar-refractivity contribution in [3.63, 3.8) is 0 Å². The third kappa shape index (κ3) is 3.49. The third-order valence-electron chi connectivity index (χ3n) is 0.697. The van der Waals surface area contributed by atoms with Crippen molar-refractivity contribution in [3.8, 4) is 0 Å². The van der Waals surface area contributed by atoms with Gasteiger partial charge in [0, 0.05) is 6.54 Å². The Morgan fingerprint density at radius 1 is 1.29 bits per heavy atom. The van der Waals surface area contributed by atoms with Crippen LogP contribution >= 0.6 is 0 Å². The molecule has 0 saturated heterocycles. The van der Waals surface area contributed by atoms with Crippen LogP contribution in [0.2, 0.25) is 0 Å². The van der Waals surface area contributed by atoms with Crippen molar-refractivity contribution in [1.29, 1.82) is 0 Å². The SMILES string of the molecule is C1=CCNC=C1.[KH]. The van der Waals surface area contributed by atoms with Crippen molar-refractivity contribution in [2.24, 2.45) is 0 Å². The fourth-order valence-corrected chi connectivity index (χ4v) is 0.406. The quantitative estimate of drug-likeness (QED) is 0.445. The molecule has 0 bridgehead atoms. The van der Waals surface area contributed by atoms with Gasteiger partial charge in [0.05, 0.1) is 0 Å². The Hall–Kier alpha value is 0.916. The van der Waals surface area contributed by atoms with Crippen LogP contribution in [0.4, 0.5) is 0 Å². The predicted molar refractivity (Wildman–Crippen MR) is 33.4 cm³/mol. The van der Waals surface area contributed by atoms with Crippen molar-refractivity contribution in [1.82, 2.24) is 5.32 Å². The van der Waals surface area contributed by atoms with E-state index in [1.165, 1.54) is 0 Å². The first kappa shape index (κ1) is 7.92. The average molecular weight is 121 g/mol.